The molecule has 0 unspecified atom stereocenters. The minimum Gasteiger partial charge on any atom is -0.490 e. The van der Waals surface area contributed by atoms with Crippen LogP contribution in [0.1, 0.15) is 0 Å². The summed E-state index contributed by atoms with van der Waals surface area (Å²) in [6.45, 7) is 5.17. The third kappa shape index (κ3) is 7.24. The molecule has 0 spiro atoms. The number of fused-ring (bicyclic) bond motifs is 3. The smallest absolute Gasteiger partial charge is 0.140 e. The number of ether oxygens (including phenoxy) is 6. The monoisotopic (exact) mass is 556 g/mol. The standard InChI is InChI=1S/C18H22Br2O6S2/c19-15-11-13-17(27-15)18-14(12-16(20)28-18)26-10-8-24-6-4-22-2-1-21-3-5-23-7-9-25-13/h11-12H,1-10H2. The molecule has 0 fully saturated rings. The van der Waals surface area contributed by atoms with Gasteiger partial charge in [-0.15, -0.1) is 22.7 Å². The first kappa shape index (κ1) is 22.5. The summed E-state index contributed by atoms with van der Waals surface area (Å²) in [5, 5.41) is 0. The van der Waals surface area contributed by atoms with E-state index in [1.54, 1.807) is 22.7 Å². The Labute approximate surface area is 189 Å². The molecule has 6 nitrogen and oxygen atoms in total. The van der Waals surface area contributed by atoms with Crippen molar-refractivity contribution in [1.29, 1.82) is 0 Å². The highest BCUT2D eigenvalue weighted by molar-refractivity contribution is 9.11. The van der Waals surface area contributed by atoms with E-state index in [4.69, 9.17) is 28.4 Å². The van der Waals surface area contributed by atoms with Crippen LogP contribution in [0.25, 0.3) is 9.75 Å². The summed E-state index contributed by atoms with van der Waals surface area (Å²) in [4.78, 5) is 2.06. The van der Waals surface area contributed by atoms with Gasteiger partial charge in [-0.3, -0.25) is 0 Å². The minimum absolute atomic E-state index is 0.468. The average Bonchev–Trinajstić information content (AvgIpc) is 3.22. The summed E-state index contributed by atoms with van der Waals surface area (Å²) >= 11 is 10.4. The van der Waals surface area contributed by atoms with Gasteiger partial charge >= 0.3 is 0 Å². The SMILES string of the molecule is Brc1cc2c(s1)-c1sc(Br)cc1OCCOCCOCCOCCOCCO2. The van der Waals surface area contributed by atoms with Crippen LogP contribution in [0.4, 0.5) is 0 Å². The van der Waals surface area contributed by atoms with Crippen LogP contribution in [0.2, 0.25) is 0 Å². The number of hydrogen-bond donors (Lipinski definition) is 0. The highest BCUT2D eigenvalue weighted by Gasteiger charge is 2.19. The Morgan fingerprint density at radius 2 is 0.857 bits per heavy atom. The fourth-order valence-electron chi connectivity index (χ4n) is 2.41. The molecule has 0 N–H and O–H groups in total. The molecule has 0 saturated carbocycles. The largest absolute Gasteiger partial charge is 0.490 e. The summed E-state index contributed by atoms with van der Waals surface area (Å²) in [6, 6.07) is 3.96. The van der Waals surface area contributed by atoms with Gasteiger partial charge in [0.15, 0.2) is 0 Å². The van der Waals surface area contributed by atoms with Gasteiger partial charge in [-0.25, -0.2) is 0 Å². The molecular formula is C18H22Br2O6S2. The Hall–Kier alpha value is -0.200. The van der Waals surface area contributed by atoms with Crippen molar-refractivity contribution in [3.8, 4) is 21.3 Å². The molecule has 0 bridgehead atoms. The fourth-order valence-corrected chi connectivity index (χ4v) is 5.59. The lowest BCUT2D eigenvalue weighted by atomic mass is 10.3. The third-order valence-electron chi connectivity index (χ3n) is 3.63. The normalized spacial score (nSPS) is 18.4. The second-order valence-corrected chi connectivity index (χ2v) is 10.5. The van der Waals surface area contributed by atoms with E-state index in [0.29, 0.717) is 66.1 Å². The van der Waals surface area contributed by atoms with Crippen LogP contribution in [-0.4, -0.2) is 66.1 Å². The topological polar surface area (TPSA) is 55.4 Å². The van der Waals surface area contributed by atoms with Gasteiger partial charge in [-0.1, -0.05) is 0 Å². The third-order valence-corrected chi connectivity index (χ3v) is 7.03. The Bertz CT molecular complexity index is 661. The molecule has 3 heterocycles. The van der Waals surface area contributed by atoms with Gasteiger partial charge in [-0.05, 0) is 31.9 Å². The van der Waals surface area contributed by atoms with Crippen molar-refractivity contribution in [3.05, 3.63) is 19.7 Å². The molecule has 3 rings (SSSR count). The molecule has 0 radical (unpaired) electrons. The van der Waals surface area contributed by atoms with Crippen molar-refractivity contribution in [2.75, 3.05) is 66.1 Å². The Kier molecular flexibility index (Phi) is 10.0. The van der Waals surface area contributed by atoms with E-state index in [-0.39, 0.29) is 0 Å². The second-order valence-electron chi connectivity index (χ2n) is 5.63. The first-order valence-corrected chi connectivity index (χ1v) is 12.1. The lowest BCUT2D eigenvalue weighted by Crippen LogP contribution is -2.15. The molecule has 1 aliphatic rings. The van der Waals surface area contributed by atoms with E-state index >= 15 is 0 Å². The van der Waals surface area contributed by atoms with E-state index in [9.17, 15) is 0 Å². The maximum Gasteiger partial charge on any atom is 0.140 e. The van der Waals surface area contributed by atoms with Crippen molar-refractivity contribution in [1.82, 2.24) is 0 Å². The zero-order chi connectivity index (χ0) is 19.6. The van der Waals surface area contributed by atoms with Gasteiger partial charge in [0.25, 0.3) is 0 Å². The minimum atomic E-state index is 0.468. The van der Waals surface area contributed by atoms with E-state index in [1.807, 2.05) is 12.1 Å². The van der Waals surface area contributed by atoms with Gasteiger partial charge in [0, 0.05) is 12.1 Å². The molecule has 0 amide bonds. The highest BCUT2D eigenvalue weighted by Crippen LogP contribution is 2.49. The fraction of sp³-hybridized carbons (Fsp3) is 0.556. The summed E-state index contributed by atoms with van der Waals surface area (Å²) in [5.74, 6) is 1.64. The van der Waals surface area contributed by atoms with Gasteiger partial charge in [0.1, 0.15) is 24.7 Å². The Balaban J connectivity index is 1.68. The van der Waals surface area contributed by atoms with Gasteiger partial charge < -0.3 is 28.4 Å². The second kappa shape index (κ2) is 12.5. The maximum atomic E-state index is 5.96. The molecular weight excluding hydrogens is 536 g/mol. The zero-order valence-corrected chi connectivity index (χ0v) is 20.1. The van der Waals surface area contributed by atoms with E-state index in [2.05, 4.69) is 31.9 Å². The van der Waals surface area contributed by atoms with Crippen LogP contribution < -0.4 is 9.47 Å². The zero-order valence-electron chi connectivity index (χ0n) is 15.2. The Morgan fingerprint density at radius 3 is 1.21 bits per heavy atom. The van der Waals surface area contributed by atoms with Crippen molar-refractivity contribution in [3.63, 3.8) is 0 Å². The molecule has 0 saturated heterocycles. The van der Waals surface area contributed by atoms with Crippen LogP contribution in [0.5, 0.6) is 11.5 Å². The average molecular weight is 558 g/mol. The number of halogens is 2. The van der Waals surface area contributed by atoms with E-state index in [1.165, 1.54) is 0 Å². The van der Waals surface area contributed by atoms with Crippen LogP contribution >= 0.6 is 54.5 Å². The summed E-state index contributed by atoms with van der Waals surface area (Å²) in [6.07, 6.45) is 0. The predicted octanol–water partition coefficient (Wildman–Crippen LogP) is 4.84. The summed E-state index contributed by atoms with van der Waals surface area (Å²) in [7, 11) is 0. The summed E-state index contributed by atoms with van der Waals surface area (Å²) < 4.78 is 36.0. The van der Waals surface area contributed by atoms with Gasteiger partial charge in [-0.2, -0.15) is 0 Å². The molecule has 10 heteroatoms. The Morgan fingerprint density at radius 1 is 0.536 bits per heavy atom. The predicted molar refractivity (Wildman–Crippen MR) is 117 cm³/mol. The lowest BCUT2D eigenvalue weighted by Gasteiger charge is -2.11. The quantitative estimate of drug-likeness (QED) is 0.462. The first-order chi connectivity index (χ1) is 13.7. The van der Waals surface area contributed by atoms with Gasteiger partial charge in [0.05, 0.1) is 70.2 Å². The molecule has 0 aliphatic carbocycles. The molecule has 0 aromatic carbocycles. The summed E-state index contributed by atoms with van der Waals surface area (Å²) in [5.41, 5.74) is 0. The van der Waals surface area contributed by atoms with Crippen LogP contribution in [0.3, 0.4) is 0 Å². The maximum absolute atomic E-state index is 5.96. The first-order valence-electron chi connectivity index (χ1n) is 8.89. The van der Waals surface area contributed by atoms with Crippen LogP contribution in [-0.2, 0) is 18.9 Å². The van der Waals surface area contributed by atoms with Crippen LogP contribution in [0, 0.1) is 0 Å². The molecule has 2 aromatic heterocycles. The molecule has 28 heavy (non-hydrogen) atoms. The molecule has 2 aromatic rings. The van der Waals surface area contributed by atoms with E-state index < -0.39 is 0 Å². The van der Waals surface area contributed by atoms with Crippen LogP contribution in [0.15, 0.2) is 19.7 Å². The van der Waals surface area contributed by atoms with Crippen molar-refractivity contribution in [2.24, 2.45) is 0 Å². The van der Waals surface area contributed by atoms with E-state index in [0.717, 1.165) is 28.8 Å². The van der Waals surface area contributed by atoms with Crippen molar-refractivity contribution >= 4 is 54.5 Å². The van der Waals surface area contributed by atoms with Crippen molar-refractivity contribution in [2.45, 2.75) is 0 Å². The van der Waals surface area contributed by atoms with Crippen molar-refractivity contribution < 1.29 is 28.4 Å². The molecule has 156 valence electrons. The lowest BCUT2D eigenvalue weighted by molar-refractivity contribution is -0.00702. The molecule has 0 atom stereocenters. The highest BCUT2D eigenvalue weighted by atomic mass is 79.9. The molecule has 1 aliphatic heterocycles. The number of hydrogen-bond acceptors (Lipinski definition) is 8. The number of rotatable bonds is 0. The van der Waals surface area contributed by atoms with Gasteiger partial charge in [0.2, 0.25) is 0 Å². The number of thiophene rings is 2.